The third kappa shape index (κ3) is 2.31. The summed E-state index contributed by atoms with van der Waals surface area (Å²) in [6.45, 7) is 0. The van der Waals surface area contributed by atoms with Gasteiger partial charge >= 0.3 is 11.7 Å². The Morgan fingerprint density at radius 3 is 2.70 bits per heavy atom. The van der Waals surface area contributed by atoms with Crippen LogP contribution in [0.15, 0.2) is 27.8 Å². The van der Waals surface area contributed by atoms with Crippen molar-refractivity contribution in [1.82, 2.24) is 14.9 Å². The van der Waals surface area contributed by atoms with Crippen LogP contribution in [0.2, 0.25) is 0 Å². The number of nitrogens with zero attached hydrogens (tertiary/aromatic N) is 1. The minimum Gasteiger partial charge on any atom is -0.504 e. The highest BCUT2D eigenvalue weighted by Crippen LogP contribution is 2.33. The van der Waals surface area contributed by atoms with Crippen LogP contribution in [0.25, 0.3) is 0 Å². The summed E-state index contributed by atoms with van der Waals surface area (Å²) in [4.78, 5) is 38.0. The Morgan fingerprint density at radius 1 is 1.26 bits per heavy atom. The van der Waals surface area contributed by atoms with E-state index >= 15 is 0 Å². The predicted molar refractivity (Wildman–Crippen MR) is 81.0 cm³/mol. The Kier molecular flexibility index (Phi) is 3.32. The maximum atomic E-state index is 12.2. The van der Waals surface area contributed by atoms with Gasteiger partial charge < -0.3 is 15.2 Å². The number of aromatic amines is 1. The number of carbonyl (C=O) groups is 1. The molecule has 0 saturated carbocycles. The van der Waals surface area contributed by atoms with Gasteiger partial charge in [0.15, 0.2) is 11.5 Å². The Balaban J connectivity index is 2.24. The molecule has 1 aromatic carbocycles. The lowest BCUT2D eigenvalue weighted by molar-refractivity contribution is 0.248. The van der Waals surface area contributed by atoms with Gasteiger partial charge in [-0.15, -0.1) is 0 Å². The molecule has 0 bridgehead atoms. The van der Waals surface area contributed by atoms with Gasteiger partial charge in [-0.3, -0.25) is 19.7 Å². The van der Waals surface area contributed by atoms with Crippen molar-refractivity contribution in [3.05, 3.63) is 50.2 Å². The van der Waals surface area contributed by atoms with E-state index in [1.807, 2.05) is 0 Å². The van der Waals surface area contributed by atoms with Crippen molar-refractivity contribution in [1.29, 1.82) is 0 Å². The molecule has 0 saturated heterocycles. The Bertz CT molecular complexity index is 914. The maximum Gasteiger partial charge on any atom is 0.329 e. The van der Waals surface area contributed by atoms with Crippen LogP contribution in [-0.2, 0) is 7.05 Å². The third-order valence-electron chi connectivity index (χ3n) is 3.69. The lowest BCUT2D eigenvalue weighted by atomic mass is 9.98. The molecular formula is C14H14N4O5. The number of urea groups is 1. The smallest absolute Gasteiger partial charge is 0.329 e. The van der Waals surface area contributed by atoms with Gasteiger partial charge in [0.05, 0.1) is 18.7 Å². The molecule has 9 heteroatoms. The highest BCUT2D eigenvalue weighted by Gasteiger charge is 2.31. The number of amides is 2. The Morgan fingerprint density at radius 2 is 2.00 bits per heavy atom. The summed E-state index contributed by atoms with van der Waals surface area (Å²) in [7, 11) is 2.83. The second kappa shape index (κ2) is 5.20. The van der Waals surface area contributed by atoms with Gasteiger partial charge in [-0.05, 0) is 17.7 Å². The summed E-state index contributed by atoms with van der Waals surface area (Å²) >= 11 is 0. The number of fused-ring (bicyclic) bond motifs is 1. The number of phenolic OH excluding ortho intramolecular Hbond substituents is 1. The van der Waals surface area contributed by atoms with Crippen molar-refractivity contribution in [2.24, 2.45) is 7.05 Å². The van der Waals surface area contributed by atoms with E-state index in [2.05, 4.69) is 15.6 Å². The molecule has 2 heterocycles. The molecule has 2 aromatic rings. The highest BCUT2D eigenvalue weighted by atomic mass is 16.5. The van der Waals surface area contributed by atoms with Crippen LogP contribution in [0.1, 0.15) is 17.2 Å². The summed E-state index contributed by atoms with van der Waals surface area (Å²) < 4.78 is 6.20. The number of hydrogen-bond acceptors (Lipinski definition) is 5. The number of methoxy groups -OCH3 is 1. The summed E-state index contributed by atoms with van der Waals surface area (Å²) in [6, 6.07) is 3.14. The molecular weight excluding hydrogens is 304 g/mol. The van der Waals surface area contributed by atoms with Gasteiger partial charge in [0, 0.05) is 7.05 Å². The van der Waals surface area contributed by atoms with Gasteiger partial charge in [0.2, 0.25) is 0 Å². The summed E-state index contributed by atoms with van der Waals surface area (Å²) in [5.41, 5.74) is -0.509. The van der Waals surface area contributed by atoms with Crippen molar-refractivity contribution in [2.75, 3.05) is 12.4 Å². The lowest BCUT2D eigenvalue weighted by Crippen LogP contribution is -2.46. The summed E-state index contributed by atoms with van der Waals surface area (Å²) in [5.74, 6) is 0.267. The maximum absolute atomic E-state index is 12.2. The van der Waals surface area contributed by atoms with Gasteiger partial charge in [-0.25, -0.2) is 9.59 Å². The zero-order valence-corrected chi connectivity index (χ0v) is 12.3. The molecule has 120 valence electrons. The zero-order chi connectivity index (χ0) is 16.7. The van der Waals surface area contributed by atoms with Crippen LogP contribution in [0.4, 0.5) is 10.6 Å². The number of ether oxygens (including phenoxy) is 1. The van der Waals surface area contributed by atoms with Gasteiger partial charge in [0.1, 0.15) is 5.82 Å². The number of aromatic hydroxyl groups is 1. The number of carbonyl (C=O) groups excluding carboxylic acids is 1. The van der Waals surface area contributed by atoms with Crippen LogP contribution in [-0.4, -0.2) is 27.8 Å². The SMILES string of the molecule is COc1cc([C@@H]2NC(=O)Nc3c2c(=O)[nH]c(=O)n3C)ccc1O. The third-order valence-corrected chi connectivity index (χ3v) is 3.69. The van der Waals surface area contributed by atoms with Gasteiger partial charge in [0.25, 0.3) is 5.56 Å². The second-order valence-electron chi connectivity index (χ2n) is 5.04. The van der Waals surface area contributed by atoms with E-state index in [0.717, 1.165) is 4.57 Å². The largest absolute Gasteiger partial charge is 0.504 e. The number of benzene rings is 1. The first kappa shape index (κ1) is 14.7. The number of phenols is 1. The van der Waals surface area contributed by atoms with Gasteiger partial charge in [-0.1, -0.05) is 6.07 Å². The topological polar surface area (TPSA) is 125 Å². The molecule has 0 aliphatic carbocycles. The second-order valence-corrected chi connectivity index (χ2v) is 5.04. The fourth-order valence-electron chi connectivity index (χ4n) is 2.53. The van der Waals surface area contributed by atoms with E-state index < -0.39 is 23.3 Å². The molecule has 0 fully saturated rings. The van der Waals surface area contributed by atoms with E-state index in [4.69, 9.17) is 4.74 Å². The Hall–Kier alpha value is -3.23. The monoisotopic (exact) mass is 318 g/mol. The molecule has 4 N–H and O–H groups in total. The van der Waals surface area contributed by atoms with E-state index in [0.29, 0.717) is 5.56 Å². The quantitative estimate of drug-likeness (QED) is 0.621. The number of nitrogens with one attached hydrogen (secondary N) is 3. The molecule has 0 radical (unpaired) electrons. The first-order valence-corrected chi connectivity index (χ1v) is 6.70. The van der Waals surface area contributed by atoms with Crippen molar-refractivity contribution < 1.29 is 14.6 Å². The number of rotatable bonds is 2. The summed E-state index contributed by atoms with van der Waals surface area (Å²) in [5, 5.41) is 14.8. The van der Waals surface area contributed by atoms with Crippen molar-refractivity contribution in [2.45, 2.75) is 6.04 Å². The molecule has 1 aromatic heterocycles. The fourth-order valence-corrected chi connectivity index (χ4v) is 2.53. The number of H-pyrrole nitrogens is 1. The molecule has 9 nitrogen and oxygen atoms in total. The standard InChI is InChI=1S/C14H14N4O5/c1-18-11-9(12(20)17-14(18)22)10(15-13(21)16-11)6-3-4-7(19)8(5-6)23-2/h3-5,10,19H,1-2H3,(H2,15,16,21)(H,17,20,22)/t10-/m0/s1. The van der Waals surface area contributed by atoms with Crippen molar-refractivity contribution in [3.8, 4) is 11.5 Å². The van der Waals surface area contributed by atoms with E-state index in [1.54, 1.807) is 6.07 Å². The van der Waals surface area contributed by atoms with E-state index in [-0.39, 0.29) is 22.9 Å². The molecule has 2 amide bonds. The van der Waals surface area contributed by atoms with Crippen LogP contribution >= 0.6 is 0 Å². The van der Waals surface area contributed by atoms with Crippen LogP contribution in [0.5, 0.6) is 11.5 Å². The van der Waals surface area contributed by atoms with Crippen molar-refractivity contribution >= 4 is 11.8 Å². The first-order chi connectivity index (χ1) is 10.9. The Labute approximate surface area is 129 Å². The van der Waals surface area contributed by atoms with Gasteiger partial charge in [-0.2, -0.15) is 0 Å². The molecule has 0 spiro atoms. The average molecular weight is 318 g/mol. The number of aromatic nitrogens is 2. The molecule has 1 aliphatic rings. The summed E-state index contributed by atoms with van der Waals surface area (Å²) in [6.07, 6.45) is 0. The van der Waals surface area contributed by atoms with Crippen LogP contribution in [0.3, 0.4) is 0 Å². The number of anilines is 1. The molecule has 3 rings (SSSR count). The average Bonchev–Trinajstić information content (AvgIpc) is 2.52. The van der Waals surface area contributed by atoms with E-state index in [9.17, 15) is 19.5 Å². The molecule has 23 heavy (non-hydrogen) atoms. The predicted octanol–water partition coefficient (Wildman–Crippen LogP) is 0.0123. The molecule has 1 aliphatic heterocycles. The number of hydrogen-bond donors (Lipinski definition) is 4. The van der Waals surface area contributed by atoms with Crippen LogP contribution < -0.4 is 26.6 Å². The zero-order valence-electron chi connectivity index (χ0n) is 12.3. The first-order valence-electron chi connectivity index (χ1n) is 6.70. The lowest BCUT2D eigenvalue weighted by Gasteiger charge is -2.27. The normalized spacial score (nSPS) is 16.3. The fraction of sp³-hybridized carbons (Fsp3) is 0.214. The minimum atomic E-state index is -0.788. The highest BCUT2D eigenvalue weighted by molar-refractivity contribution is 5.92. The van der Waals surface area contributed by atoms with Crippen LogP contribution in [0, 0.1) is 0 Å². The molecule has 0 unspecified atom stereocenters. The minimum absolute atomic E-state index is 0.0638. The molecule has 1 atom stereocenters. The van der Waals surface area contributed by atoms with E-state index in [1.165, 1.54) is 26.3 Å². The van der Waals surface area contributed by atoms with Crippen molar-refractivity contribution in [3.63, 3.8) is 0 Å².